The van der Waals surface area contributed by atoms with Crippen LogP contribution >= 0.6 is 22.9 Å². The van der Waals surface area contributed by atoms with E-state index in [9.17, 15) is 17.6 Å². The minimum atomic E-state index is -3.88. The third-order valence-electron chi connectivity index (χ3n) is 4.42. The maximum Gasteiger partial charge on any atom is 0.273 e. The summed E-state index contributed by atoms with van der Waals surface area (Å²) in [6.45, 7) is 1.33. The highest BCUT2D eigenvalue weighted by Crippen LogP contribution is 2.32. The Hall–Kier alpha value is -2.69. The van der Waals surface area contributed by atoms with Crippen LogP contribution in [0.5, 0.6) is 0 Å². The average molecular weight is 467 g/mol. The van der Waals surface area contributed by atoms with Crippen LogP contribution in [0.15, 0.2) is 52.9 Å². The summed E-state index contributed by atoms with van der Waals surface area (Å²) >= 11 is 7.31. The smallest absolute Gasteiger partial charge is 0.273 e. The van der Waals surface area contributed by atoms with Crippen LogP contribution in [-0.4, -0.2) is 38.9 Å². The van der Waals surface area contributed by atoms with Crippen LogP contribution in [-0.2, 0) is 14.8 Å². The van der Waals surface area contributed by atoms with Crippen LogP contribution in [0.4, 0.5) is 15.8 Å². The van der Waals surface area contributed by atoms with Crippen molar-refractivity contribution in [2.24, 2.45) is 0 Å². The zero-order chi connectivity index (χ0) is 21.3. The quantitative estimate of drug-likeness (QED) is 0.601. The van der Waals surface area contributed by atoms with Gasteiger partial charge in [0.15, 0.2) is 4.21 Å². The highest BCUT2D eigenvalue weighted by atomic mass is 35.5. The molecule has 1 amide bonds. The molecular weight excluding hydrogens is 451 g/mol. The molecule has 2 aromatic carbocycles. The number of sulfonamides is 1. The summed E-state index contributed by atoms with van der Waals surface area (Å²) in [7, 11) is -3.88. The zero-order valence-corrected chi connectivity index (χ0v) is 17.8. The summed E-state index contributed by atoms with van der Waals surface area (Å²) in [6, 6.07) is 10.4. The highest BCUT2D eigenvalue weighted by Gasteiger charge is 2.21. The molecule has 3 aromatic rings. The molecule has 156 valence electrons. The van der Waals surface area contributed by atoms with Crippen LogP contribution in [0.3, 0.4) is 0 Å². The molecule has 4 rings (SSSR count). The second-order valence-electron chi connectivity index (χ2n) is 6.53. The van der Waals surface area contributed by atoms with Crippen molar-refractivity contribution >= 4 is 50.2 Å². The maximum absolute atomic E-state index is 13.1. The SMILES string of the molecule is O=C1CN(c2ccc(NS(=O)(=O)c3cnc(-c4ccc(F)cc4)s3)cc2Cl)CCN1. The summed E-state index contributed by atoms with van der Waals surface area (Å²) in [5.41, 5.74) is 1.58. The lowest BCUT2D eigenvalue weighted by Gasteiger charge is -2.29. The molecule has 30 heavy (non-hydrogen) atoms. The third kappa shape index (κ3) is 4.40. The second-order valence-corrected chi connectivity index (χ2v) is 9.88. The van der Waals surface area contributed by atoms with Crippen molar-refractivity contribution in [3.8, 4) is 10.6 Å². The van der Waals surface area contributed by atoms with Gasteiger partial charge in [0.1, 0.15) is 10.8 Å². The van der Waals surface area contributed by atoms with Gasteiger partial charge in [-0.2, -0.15) is 0 Å². The van der Waals surface area contributed by atoms with Crippen molar-refractivity contribution in [3.05, 3.63) is 59.5 Å². The minimum absolute atomic E-state index is 0.0229. The van der Waals surface area contributed by atoms with E-state index in [1.807, 2.05) is 4.90 Å². The van der Waals surface area contributed by atoms with Gasteiger partial charge in [0.2, 0.25) is 5.91 Å². The lowest BCUT2D eigenvalue weighted by atomic mass is 10.2. The van der Waals surface area contributed by atoms with Crippen LogP contribution in [0.2, 0.25) is 5.02 Å². The van der Waals surface area contributed by atoms with Gasteiger partial charge < -0.3 is 10.2 Å². The number of amides is 1. The van der Waals surface area contributed by atoms with Gasteiger partial charge >= 0.3 is 0 Å². The molecule has 1 aromatic heterocycles. The van der Waals surface area contributed by atoms with E-state index in [1.165, 1.54) is 36.5 Å². The lowest BCUT2D eigenvalue weighted by Crippen LogP contribution is -2.47. The maximum atomic E-state index is 13.1. The summed E-state index contributed by atoms with van der Waals surface area (Å²) in [6.07, 6.45) is 1.26. The molecule has 0 saturated carbocycles. The Morgan fingerprint density at radius 2 is 1.97 bits per heavy atom. The molecule has 2 heterocycles. The van der Waals surface area contributed by atoms with Gasteiger partial charge in [-0.05, 0) is 42.5 Å². The molecular formula is C19H16ClFN4O3S2. The number of piperazine rings is 1. The Bertz CT molecular complexity index is 1200. The first kappa shape index (κ1) is 20.6. The number of thiazole rings is 1. The van der Waals surface area contributed by atoms with Crippen LogP contribution in [0.1, 0.15) is 0 Å². The number of carbonyl (C=O) groups is 1. The molecule has 1 fully saturated rings. The van der Waals surface area contributed by atoms with E-state index in [0.717, 1.165) is 11.3 Å². The number of nitrogens with one attached hydrogen (secondary N) is 2. The number of halogens is 2. The predicted molar refractivity (Wildman–Crippen MR) is 115 cm³/mol. The standard InChI is InChI=1S/C19H16ClFN4O3S2/c20-15-9-14(5-6-16(15)25-8-7-22-17(26)11-25)24-30(27,28)18-10-23-19(29-18)12-1-3-13(21)4-2-12/h1-6,9-10,24H,7-8,11H2,(H,22,26). The topological polar surface area (TPSA) is 91.4 Å². The lowest BCUT2D eigenvalue weighted by molar-refractivity contribution is -0.120. The Labute approximate surface area is 181 Å². The average Bonchev–Trinajstić information content (AvgIpc) is 3.20. The van der Waals surface area contributed by atoms with Crippen LogP contribution in [0, 0.1) is 5.82 Å². The Morgan fingerprint density at radius 3 is 2.67 bits per heavy atom. The molecule has 1 aliphatic rings. The number of aromatic nitrogens is 1. The molecule has 0 spiro atoms. The van der Waals surface area contributed by atoms with E-state index in [0.29, 0.717) is 40.1 Å². The number of hydrogen-bond donors (Lipinski definition) is 2. The molecule has 1 saturated heterocycles. The molecule has 0 atom stereocenters. The molecule has 0 bridgehead atoms. The van der Waals surface area contributed by atoms with Crippen LogP contribution < -0.4 is 14.9 Å². The molecule has 7 nitrogen and oxygen atoms in total. The van der Waals surface area contributed by atoms with E-state index in [-0.39, 0.29) is 22.5 Å². The monoisotopic (exact) mass is 466 g/mol. The Morgan fingerprint density at radius 1 is 1.20 bits per heavy atom. The number of nitrogens with zero attached hydrogens (tertiary/aromatic N) is 2. The van der Waals surface area contributed by atoms with E-state index in [2.05, 4.69) is 15.0 Å². The summed E-state index contributed by atoms with van der Waals surface area (Å²) < 4.78 is 41.1. The Kier molecular flexibility index (Phi) is 5.63. The molecule has 0 radical (unpaired) electrons. The van der Waals surface area contributed by atoms with E-state index in [4.69, 9.17) is 11.6 Å². The number of hydrogen-bond acceptors (Lipinski definition) is 6. The third-order valence-corrected chi connectivity index (χ3v) is 7.61. The first-order valence-electron chi connectivity index (χ1n) is 8.87. The fourth-order valence-corrected chi connectivity index (χ4v) is 5.47. The van der Waals surface area contributed by atoms with Crippen molar-refractivity contribution < 1.29 is 17.6 Å². The van der Waals surface area contributed by atoms with Gasteiger partial charge in [-0.3, -0.25) is 9.52 Å². The first-order valence-corrected chi connectivity index (χ1v) is 11.6. The predicted octanol–water partition coefficient (Wildman–Crippen LogP) is 3.34. The van der Waals surface area contributed by atoms with Crippen molar-refractivity contribution in [2.45, 2.75) is 4.21 Å². The Balaban J connectivity index is 1.53. The van der Waals surface area contributed by atoms with E-state index < -0.39 is 10.0 Å². The number of benzene rings is 2. The van der Waals surface area contributed by atoms with Crippen LogP contribution in [0.25, 0.3) is 10.6 Å². The number of carbonyl (C=O) groups excluding carboxylic acids is 1. The van der Waals surface area contributed by atoms with Gasteiger partial charge in [-0.1, -0.05) is 11.6 Å². The van der Waals surface area contributed by atoms with E-state index in [1.54, 1.807) is 12.1 Å². The number of rotatable bonds is 5. The fourth-order valence-electron chi connectivity index (χ4n) is 2.99. The largest absolute Gasteiger partial charge is 0.359 e. The molecule has 0 aliphatic carbocycles. The highest BCUT2D eigenvalue weighted by molar-refractivity contribution is 7.94. The summed E-state index contributed by atoms with van der Waals surface area (Å²) in [4.78, 5) is 17.5. The zero-order valence-electron chi connectivity index (χ0n) is 15.4. The first-order chi connectivity index (χ1) is 14.3. The molecule has 2 N–H and O–H groups in total. The van der Waals surface area contributed by atoms with Gasteiger partial charge in [0.25, 0.3) is 10.0 Å². The summed E-state index contributed by atoms with van der Waals surface area (Å²) in [5.74, 6) is -0.473. The second kappa shape index (κ2) is 8.21. The molecule has 1 aliphatic heterocycles. The normalized spacial score (nSPS) is 14.5. The van der Waals surface area contributed by atoms with Crippen molar-refractivity contribution in [1.29, 1.82) is 0 Å². The van der Waals surface area contributed by atoms with Crippen molar-refractivity contribution in [3.63, 3.8) is 0 Å². The van der Waals surface area contributed by atoms with E-state index >= 15 is 0 Å². The van der Waals surface area contributed by atoms with Crippen molar-refractivity contribution in [2.75, 3.05) is 29.3 Å². The van der Waals surface area contributed by atoms with Gasteiger partial charge in [0, 0.05) is 18.7 Å². The van der Waals surface area contributed by atoms with Gasteiger partial charge in [0.05, 0.1) is 29.1 Å². The fraction of sp³-hybridized carbons (Fsp3) is 0.158. The summed E-state index contributed by atoms with van der Waals surface area (Å²) in [5, 5.41) is 3.54. The van der Waals surface area contributed by atoms with Gasteiger partial charge in [-0.15, -0.1) is 11.3 Å². The molecule has 0 unspecified atom stereocenters. The van der Waals surface area contributed by atoms with Gasteiger partial charge in [-0.25, -0.2) is 17.8 Å². The number of anilines is 2. The van der Waals surface area contributed by atoms with Crippen molar-refractivity contribution in [1.82, 2.24) is 10.3 Å². The minimum Gasteiger partial charge on any atom is -0.359 e. The molecule has 11 heteroatoms.